The lowest BCUT2D eigenvalue weighted by molar-refractivity contribution is 0.0705. The molecule has 8 heteroatoms. The van der Waals surface area contributed by atoms with Gasteiger partial charge in [-0.15, -0.1) is 0 Å². The highest BCUT2D eigenvalue weighted by molar-refractivity contribution is 5.94. The Labute approximate surface area is 190 Å². The molecule has 1 atom stereocenters. The number of nitrogens with one attached hydrogen (secondary N) is 1. The molecular formula is C25H23FN6O. The van der Waals surface area contributed by atoms with Crippen molar-refractivity contribution in [1.29, 1.82) is 0 Å². The molecule has 1 aliphatic heterocycles. The first-order valence-corrected chi connectivity index (χ1v) is 11.0. The molecule has 0 radical (unpaired) electrons. The van der Waals surface area contributed by atoms with Crippen LogP contribution in [0.25, 0.3) is 11.5 Å². The normalized spacial score (nSPS) is 16.0. The number of hydrogen-bond acceptors (Lipinski definition) is 5. The van der Waals surface area contributed by atoms with Crippen LogP contribution >= 0.6 is 0 Å². The van der Waals surface area contributed by atoms with Crippen LogP contribution in [0.2, 0.25) is 0 Å². The Hall–Kier alpha value is -3.94. The first kappa shape index (κ1) is 20.9. The number of imidazole rings is 1. The summed E-state index contributed by atoms with van der Waals surface area (Å²) in [5.41, 5.74) is 3.95. The average molecular weight is 442 g/mol. The SMILES string of the molecule is O=C(c1ccc(Cc2ccc(F)cc2)nc1)N1CCCC(c2nccnc2-c2ncc[nH]2)C1. The minimum Gasteiger partial charge on any atom is -0.343 e. The van der Waals surface area contributed by atoms with Gasteiger partial charge in [0.2, 0.25) is 0 Å². The van der Waals surface area contributed by atoms with Crippen LogP contribution in [0.1, 0.15) is 46.1 Å². The number of nitrogens with zero attached hydrogens (tertiary/aromatic N) is 5. The average Bonchev–Trinajstić information content (AvgIpc) is 3.41. The van der Waals surface area contributed by atoms with Crippen molar-refractivity contribution < 1.29 is 9.18 Å². The summed E-state index contributed by atoms with van der Waals surface area (Å²) in [5.74, 6) is 0.471. The van der Waals surface area contributed by atoms with Crippen LogP contribution in [0, 0.1) is 5.82 Å². The zero-order chi connectivity index (χ0) is 22.6. The Morgan fingerprint density at radius 2 is 1.88 bits per heavy atom. The summed E-state index contributed by atoms with van der Waals surface area (Å²) < 4.78 is 13.1. The summed E-state index contributed by atoms with van der Waals surface area (Å²) in [6, 6.07) is 10.0. The molecule has 1 amide bonds. The second kappa shape index (κ2) is 9.28. The van der Waals surface area contributed by atoms with Gasteiger partial charge in [0, 0.05) is 62.1 Å². The van der Waals surface area contributed by atoms with Crippen LogP contribution in [0.3, 0.4) is 0 Å². The van der Waals surface area contributed by atoms with E-state index in [1.165, 1.54) is 12.1 Å². The lowest BCUT2D eigenvalue weighted by Gasteiger charge is -2.33. The number of carbonyl (C=O) groups excluding carboxylic acids is 1. The van der Waals surface area contributed by atoms with Gasteiger partial charge in [0.05, 0.1) is 11.3 Å². The molecule has 1 aromatic carbocycles. The predicted molar refractivity (Wildman–Crippen MR) is 121 cm³/mol. The second-order valence-corrected chi connectivity index (χ2v) is 8.16. The van der Waals surface area contributed by atoms with Gasteiger partial charge in [-0.1, -0.05) is 12.1 Å². The molecule has 33 heavy (non-hydrogen) atoms. The summed E-state index contributed by atoms with van der Waals surface area (Å²) in [5, 5.41) is 0. The summed E-state index contributed by atoms with van der Waals surface area (Å²) in [6.45, 7) is 1.27. The number of likely N-dealkylation sites (tertiary alicyclic amines) is 1. The third kappa shape index (κ3) is 4.64. The lowest BCUT2D eigenvalue weighted by Crippen LogP contribution is -2.39. The van der Waals surface area contributed by atoms with Crippen LogP contribution < -0.4 is 0 Å². The fourth-order valence-electron chi connectivity index (χ4n) is 4.26. The maximum absolute atomic E-state index is 13.2. The highest BCUT2D eigenvalue weighted by Gasteiger charge is 2.29. The van der Waals surface area contributed by atoms with Crippen molar-refractivity contribution in [2.75, 3.05) is 13.1 Å². The number of halogens is 1. The largest absolute Gasteiger partial charge is 0.343 e. The van der Waals surface area contributed by atoms with E-state index in [-0.39, 0.29) is 17.6 Å². The van der Waals surface area contributed by atoms with Gasteiger partial charge >= 0.3 is 0 Å². The summed E-state index contributed by atoms with van der Waals surface area (Å²) in [6.07, 6.45) is 10.8. The number of pyridine rings is 1. The monoisotopic (exact) mass is 442 g/mol. The van der Waals surface area contributed by atoms with Crippen molar-refractivity contribution in [2.24, 2.45) is 0 Å². The van der Waals surface area contributed by atoms with Crippen LogP contribution in [-0.4, -0.2) is 48.8 Å². The molecule has 5 rings (SSSR count). The van der Waals surface area contributed by atoms with Gasteiger partial charge in [0.25, 0.3) is 5.91 Å². The van der Waals surface area contributed by atoms with Crippen molar-refractivity contribution in [3.8, 4) is 11.5 Å². The molecule has 166 valence electrons. The molecule has 1 saturated heterocycles. The maximum atomic E-state index is 13.2. The van der Waals surface area contributed by atoms with E-state index < -0.39 is 0 Å². The minimum atomic E-state index is -0.259. The van der Waals surface area contributed by atoms with Gasteiger partial charge in [0.15, 0.2) is 5.82 Å². The van der Waals surface area contributed by atoms with Crippen molar-refractivity contribution in [2.45, 2.75) is 25.2 Å². The van der Waals surface area contributed by atoms with Crippen LogP contribution in [0.4, 0.5) is 4.39 Å². The summed E-state index contributed by atoms with van der Waals surface area (Å²) >= 11 is 0. The zero-order valence-electron chi connectivity index (χ0n) is 18.0. The first-order chi connectivity index (χ1) is 16.2. The minimum absolute atomic E-state index is 0.0380. The summed E-state index contributed by atoms with van der Waals surface area (Å²) in [7, 11) is 0. The molecule has 4 heterocycles. The van der Waals surface area contributed by atoms with Gasteiger partial charge in [-0.3, -0.25) is 14.8 Å². The third-order valence-electron chi connectivity index (χ3n) is 5.91. The maximum Gasteiger partial charge on any atom is 0.255 e. The van der Waals surface area contributed by atoms with Gasteiger partial charge < -0.3 is 9.88 Å². The fourth-order valence-corrected chi connectivity index (χ4v) is 4.26. The Balaban J connectivity index is 1.29. The Bertz CT molecular complexity index is 1220. The van der Waals surface area contributed by atoms with Gasteiger partial charge in [-0.25, -0.2) is 14.4 Å². The number of piperidine rings is 1. The van der Waals surface area contributed by atoms with Crippen LogP contribution in [-0.2, 0) is 6.42 Å². The van der Waals surface area contributed by atoms with E-state index in [0.717, 1.165) is 35.5 Å². The molecule has 0 saturated carbocycles. The van der Waals surface area contributed by atoms with Crippen molar-refractivity contribution in [1.82, 2.24) is 29.8 Å². The van der Waals surface area contributed by atoms with E-state index in [1.807, 2.05) is 17.0 Å². The van der Waals surface area contributed by atoms with Crippen LogP contribution in [0.5, 0.6) is 0 Å². The summed E-state index contributed by atoms with van der Waals surface area (Å²) in [4.78, 5) is 36.0. The molecule has 1 aliphatic rings. The van der Waals surface area contributed by atoms with Crippen molar-refractivity contribution >= 4 is 5.91 Å². The van der Waals surface area contributed by atoms with Gasteiger partial charge in [0.1, 0.15) is 11.5 Å². The Morgan fingerprint density at radius 1 is 1.03 bits per heavy atom. The van der Waals surface area contributed by atoms with Crippen molar-refractivity contribution in [3.05, 3.63) is 95.7 Å². The van der Waals surface area contributed by atoms with E-state index in [4.69, 9.17) is 0 Å². The number of aromatic nitrogens is 5. The number of aromatic amines is 1. The predicted octanol–water partition coefficient (Wildman–Crippen LogP) is 4.01. The fraction of sp³-hybridized carbons (Fsp3) is 0.240. The van der Waals surface area contributed by atoms with Gasteiger partial charge in [-0.2, -0.15) is 0 Å². The number of H-pyrrole nitrogens is 1. The molecule has 3 aromatic heterocycles. The molecule has 0 bridgehead atoms. The number of carbonyl (C=O) groups is 1. The van der Waals surface area contributed by atoms with E-state index in [2.05, 4.69) is 24.9 Å². The lowest BCUT2D eigenvalue weighted by atomic mass is 9.92. The first-order valence-electron chi connectivity index (χ1n) is 11.0. The molecule has 0 spiro atoms. The van der Waals surface area contributed by atoms with E-state index in [0.29, 0.717) is 30.9 Å². The standard InChI is InChI=1S/C25H23FN6O/c26-20-6-3-17(4-7-20)14-21-8-5-18(15-31-21)25(33)32-13-1-2-19(16-32)22-23(28-10-9-27-22)24-29-11-12-30-24/h3-12,15,19H,1-2,13-14,16H2,(H,29,30). The molecular weight excluding hydrogens is 419 g/mol. The topological polar surface area (TPSA) is 87.7 Å². The molecule has 1 unspecified atom stereocenters. The Kier molecular flexibility index (Phi) is 5.89. The van der Waals surface area contributed by atoms with E-state index >= 15 is 0 Å². The van der Waals surface area contributed by atoms with E-state index in [1.54, 1.807) is 43.1 Å². The Morgan fingerprint density at radius 3 is 2.64 bits per heavy atom. The molecule has 1 fully saturated rings. The highest BCUT2D eigenvalue weighted by atomic mass is 19.1. The molecule has 1 N–H and O–H groups in total. The number of rotatable bonds is 5. The van der Waals surface area contributed by atoms with Gasteiger partial charge in [-0.05, 0) is 42.7 Å². The zero-order valence-corrected chi connectivity index (χ0v) is 18.0. The highest BCUT2D eigenvalue weighted by Crippen LogP contribution is 2.31. The molecule has 4 aromatic rings. The number of benzene rings is 1. The van der Waals surface area contributed by atoms with Crippen LogP contribution in [0.15, 0.2) is 67.4 Å². The number of amides is 1. The molecule has 7 nitrogen and oxygen atoms in total. The van der Waals surface area contributed by atoms with Crippen molar-refractivity contribution in [3.63, 3.8) is 0 Å². The second-order valence-electron chi connectivity index (χ2n) is 8.16. The quantitative estimate of drug-likeness (QED) is 0.505. The smallest absolute Gasteiger partial charge is 0.255 e. The van der Waals surface area contributed by atoms with E-state index in [9.17, 15) is 9.18 Å². The molecule has 0 aliphatic carbocycles. The number of hydrogen-bond donors (Lipinski definition) is 1. The third-order valence-corrected chi connectivity index (χ3v) is 5.91.